The van der Waals surface area contributed by atoms with Gasteiger partial charge in [0.05, 0.1) is 17.5 Å². The van der Waals surface area contributed by atoms with E-state index in [2.05, 4.69) is 10.6 Å². The van der Waals surface area contributed by atoms with Gasteiger partial charge in [-0.2, -0.15) is 11.3 Å². The predicted octanol–water partition coefficient (Wildman–Crippen LogP) is 1.15. The molecule has 10 heteroatoms. The number of benzene rings is 1. The molecule has 0 radical (unpaired) electrons. The summed E-state index contributed by atoms with van der Waals surface area (Å²) in [4.78, 5) is 26.5. The summed E-state index contributed by atoms with van der Waals surface area (Å²) >= 11 is 1.59. The molecule has 0 aliphatic carbocycles. The number of nitrogens with zero attached hydrogens (tertiary/aromatic N) is 2. The Kier molecular flexibility index (Phi) is 7.91. The Morgan fingerprint density at radius 1 is 1.10 bits per heavy atom. The molecule has 29 heavy (non-hydrogen) atoms. The van der Waals surface area contributed by atoms with Gasteiger partial charge >= 0.3 is 0 Å². The summed E-state index contributed by atoms with van der Waals surface area (Å²) in [5.41, 5.74) is 1.29. The number of sulfonamides is 1. The van der Waals surface area contributed by atoms with E-state index in [0.717, 1.165) is 9.87 Å². The summed E-state index contributed by atoms with van der Waals surface area (Å²) < 4.78 is 25.5. The fourth-order valence-electron chi connectivity index (χ4n) is 2.61. The van der Waals surface area contributed by atoms with E-state index in [9.17, 15) is 18.0 Å². The molecule has 2 rings (SSSR count). The zero-order chi connectivity index (χ0) is 21.6. The molecule has 1 aromatic carbocycles. The summed E-state index contributed by atoms with van der Waals surface area (Å²) in [5.74, 6) is -0.838. The van der Waals surface area contributed by atoms with E-state index in [1.54, 1.807) is 11.3 Å². The number of carbonyl (C=O) groups excluding carboxylic acids is 2. The fraction of sp³-hybridized carbons (Fsp3) is 0.368. The molecule has 2 N–H and O–H groups in total. The Bertz CT molecular complexity index is 941. The lowest BCUT2D eigenvalue weighted by Crippen LogP contribution is -2.40. The van der Waals surface area contributed by atoms with Crippen LogP contribution in [0.5, 0.6) is 0 Å². The first kappa shape index (κ1) is 23.0. The molecule has 1 heterocycles. The third-order valence-electron chi connectivity index (χ3n) is 4.33. The number of carbonyl (C=O) groups is 2. The summed E-state index contributed by atoms with van der Waals surface area (Å²) in [5, 5.41) is 9.36. The van der Waals surface area contributed by atoms with E-state index >= 15 is 0 Å². The molecule has 0 fully saturated rings. The van der Waals surface area contributed by atoms with Crippen molar-refractivity contribution in [2.45, 2.75) is 10.9 Å². The quantitative estimate of drug-likeness (QED) is 0.612. The van der Waals surface area contributed by atoms with Crippen LogP contribution in [0.3, 0.4) is 0 Å². The number of likely N-dealkylation sites (N-methyl/N-ethyl adjacent to an activating group) is 1. The SMILES string of the molecule is CN(C)C(CNC(=O)CNC(=O)c1cccc(S(=O)(=O)N(C)C)c1)c1ccsc1. The lowest BCUT2D eigenvalue weighted by atomic mass is 10.1. The highest BCUT2D eigenvalue weighted by atomic mass is 32.2. The maximum Gasteiger partial charge on any atom is 0.251 e. The van der Waals surface area contributed by atoms with Crippen molar-refractivity contribution in [2.24, 2.45) is 0 Å². The van der Waals surface area contributed by atoms with E-state index in [1.165, 1.54) is 38.4 Å². The molecule has 2 amide bonds. The Hall–Kier alpha value is -2.27. The van der Waals surface area contributed by atoms with Gasteiger partial charge in [0, 0.05) is 26.2 Å². The van der Waals surface area contributed by atoms with Crippen molar-refractivity contribution in [3.8, 4) is 0 Å². The fourth-order valence-corrected chi connectivity index (χ4v) is 4.26. The minimum Gasteiger partial charge on any atom is -0.353 e. The monoisotopic (exact) mass is 438 g/mol. The summed E-state index contributed by atoms with van der Waals surface area (Å²) in [6.45, 7) is 0.211. The van der Waals surface area contributed by atoms with Crippen LogP contribution in [-0.4, -0.2) is 70.7 Å². The standard InChI is InChI=1S/C19H26N4O4S2/c1-22(2)17(15-8-9-28-13-15)11-20-18(24)12-21-19(25)14-6-5-7-16(10-14)29(26,27)23(3)4/h5-10,13,17H,11-12H2,1-4H3,(H,20,24)(H,21,25). The van der Waals surface area contributed by atoms with E-state index in [1.807, 2.05) is 35.8 Å². The molecule has 1 aromatic heterocycles. The van der Waals surface area contributed by atoms with Crippen LogP contribution in [-0.2, 0) is 14.8 Å². The Labute approximate surface area is 175 Å². The van der Waals surface area contributed by atoms with Crippen molar-refractivity contribution in [3.05, 3.63) is 52.2 Å². The molecule has 8 nitrogen and oxygen atoms in total. The van der Waals surface area contributed by atoms with Crippen LogP contribution in [0.1, 0.15) is 22.0 Å². The maximum atomic E-state index is 12.3. The first-order valence-electron chi connectivity index (χ1n) is 8.89. The van der Waals surface area contributed by atoms with Crippen molar-refractivity contribution in [3.63, 3.8) is 0 Å². The lowest BCUT2D eigenvalue weighted by molar-refractivity contribution is -0.120. The molecular weight excluding hydrogens is 412 g/mol. The lowest BCUT2D eigenvalue weighted by Gasteiger charge is -2.24. The van der Waals surface area contributed by atoms with Crippen LogP contribution < -0.4 is 10.6 Å². The number of amides is 2. The van der Waals surface area contributed by atoms with Gasteiger partial charge in [-0.1, -0.05) is 6.07 Å². The molecule has 2 aromatic rings. The van der Waals surface area contributed by atoms with E-state index in [-0.39, 0.29) is 29.0 Å². The minimum atomic E-state index is -3.64. The number of thiophene rings is 1. The molecule has 0 bridgehead atoms. The average Bonchev–Trinajstić information content (AvgIpc) is 3.20. The van der Waals surface area contributed by atoms with E-state index < -0.39 is 15.9 Å². The van der Waals surface area contributed by atoms with Crippen LogP contribution in [0, 0.1) is 0 Å². The highest BCUT2D eigenvalue weighted by Crippen LogP contribution is 2.20. The van der Waals surface area contributed by atoms with Crippen molar-refractivity contribution < 1.29 is 18.0 Å². The number of hydrogen-bond acceptors (Lipinski definition) is 6. The average molecular weight is 439 g/mol. The van der Waals surface area contributed by atoms with Gasteiger partial charge in [-0.3, -0.25) is 9.59 Å². The molecule has 0 saturated carbocycles. The molecule has 0 spiro atoms. The van der Waals surface area contributed by atoms with E-state index in [0.29, 0.717) is 6.54 Å². The van der Waals surface area contributed by atoms with Gasteiger partial charge in [0.25, 0.3) is 5.91 Å². The highest BCUT2D eigenvalue weighted by Gasteiger charge is 2.19. The van der Waals surface area contributed by atoms with Crippen LogP contribution >= 0.6 is 11.3 Å². The van der Waals surface area contributed by atoms with Crippen molar-refractivity contribution in [1.29, 1.82) is 0 Å². The number of hydrogen-bond donors (Lipinski definition) is 2. The summed E-state index contributed by atoms with van der Waals surface area (Å²) in [6.07, 6.45) is 0. The van der Waals surface area contributed by atoms with Crippen molar-refractivity contribution in [1.82, 2.24) is 19.8 Å². The zero-order valence-electron chi connectivity index (χ0n) is 16.9. The Balaban J connectivity index is 1.93. The summed E-state index contributed by atoms with van der Waals surface area (Å²) in [7, 11) is 3.07. The zero-order valence-corrected chi connectivity index (χ0v) is 18.5. The van der Waals surface area contributed by atoms with Crippen LogP contribution in [0.25, 0.3) is 0 Å². The molecule has 1 atom stereocenters. The van der Waals surface area contributed by atoms with Gasteiger partial charge in [0.1, 0.15) is 0 Å². The van der Waals surface area contributed by atoms with Crippen molar-refractivity contribution >= 4 is 33.2 Å². The highest BCUT2D eigenvalue weighted by molar-refractivity contribution is 7.89. The van der Waals surface area contributed by atoms with Gasteiger partial charge in [0.2, 0.25) is 15.9 Å². The minimum absolute atomic E-state index is 0.0178. The third-order valence-corrected chi connectivity index (χ3v) is 6.84. The Morgan fingerprint density at radius 2 is 1.83 bits per heavy atom. The van der Waals surface area contributed by atoms with Gasteiger partial charge in [-0.25, -0.2) is 12.7 Å². The normalized spacial score (nSPS) is 12.8. The molecule has 158 valence electrons. The molecule has 0 saturated heterocycles. The van der Waals surface area contributed by atoms with Gasteiger partial charge in [-0.05, 0) is 54.7 Å². The van der Waals surface area contributed by atoms with Gasteiger partial charge in [0.15, 0.2) is 0 Å². The van der Waals surface area contributed by atoms with Crippen LogP contribution in [0.15, 0.2) is 46.0 Å². The van der Waals surface area contributed by atoms with Crippen molar-refractivity contribution in [2.75, 3.05) is 41.3 Å². The summed E-state index contributed by atoms with van der Waals surface area (Å²) in [6, 6.07) is 7.76. The third kappa shape index (κ3) is 6.10. The topological polar surface area (TPSA) is 98.8 Å². The Morgan fingerprint density at radius 3 is 2.41 bits per heavy atom. The molecule has 0 aliphatic rings. The van der Waals surface area contributed by atoms with Crippen LogP contribution in [0.4, 0.5) is 0 Å². The predicted molar refractivity (Wildman–Crippen MR) is 113 cm³/mol. The second-order valence-electron chi connectivity index (χ2n) is 6.84. The largest absolute Gasteiger partial charge is 0.353 e. The van der Waals surface area contributed by atoms with Gasteiger partial charge in [-0.15, -0.1) is 0 Å². The number of rotatable bonds is 9. The first-order valence-corrected chi connectivity index (χ1v) is 11.3. The molecule has 0 aliphatic heterocycles. The number of nitrogens with one attached hydrogen (secondary N) is 2. The molecule has 1 unspecified atom stereocenters. The smallest absolute Gasteiger partial charge is 0.251 e. The first-order chi connectivity index (χ1) is 13.6. The maximum absolute atomic E-state index is 12.3. The van der Waals surface area contributed by atoms with E-state index in [4.69, 9.17) is 0 Å². The van der Waals surface area contributed by atoms with Gasteiger partial charge < -0.3 is 15.5 Å². The van der Waals surface area contributed by atoms with Crippen LogP contribution in [0.2, 0.25) is 0 Å². The second kappa shape index (κ2) is 9.97. The molecular formula is C19H26N4O4S2. The second-order valence-corrected chi connectivity index (χ2v) is 9.77.